The molecule has 0 radical (unpaired) electrons. The number of aromatic nitrogens is 2. The van der Waals surface area contributed by atoms with Crippen LogP contribution in [0.1, 0.15) is 0 Å². The van der Waals surface area contributed by atoms with E-state index >= 15 is 0 Å². The van der Waals surface area contributed by atoms with Gasteiger partial charge in [0.2, 0.25) is 0 Å². The molecule has 0 fully saturated rings. The molecule has 3 aromatic rings. The van der Waals surface area contributed by atoms with Gasteiger partial charge in [-0.2, -0.15) is 0 Å². The van der Waals surface area contributed by atoms with Gasteiger partial charge in [0.15, 0.2) is 5.82 Å². The second-order valence-electron chi connectivity index (χ2n) is 4.32. The van der Waals surface area contributed by atoms with Crippen LogP contribution >= 0.6 is 27.5 Å². The molecule has 1 N–H and O–H groups in total. The van der Waals surface area contributed by atoms with Gasteiger partial charge in [-0.05, 0) is 30.3 Å². The van der Waals surface area contributed by atoms with E-state index < -0.39 is 0 Å². The van der Waals surface area contributed by atoms with E-state index in [4.69, 9.17) is 11.6 Å². The number of fused-ring (bicyclic) bond motifs is 1. The molecule has 0 saturated heterocycles. The summed E-state index contributed by atoms with van der Waals surface area (Å²) < 4.78 is 1.00. The third kappa shape index (κ3) is 2.49. The van der Waals surface area contributed by atoms with E-state index in [-0.39, 0.29) is 0 Å². The Balaban J connectivity index is 2.25. The van der Waals surface area contributed by atoms with Crippen molar-refractivity contribution in [2.24, 2.45) is 0 Å². The molecule has 0 unspecified atom stereocenters. The van der Waals surface area contributed by atoms with Crippen LogP contribution in [0.4, 0.5) is 5.82 Å². The Morgan fingerprint density at radius 3 is 2.70 bits per heavy atom. The van der Waals surface area contributed by atoms with Gasteiger partial charge >= 0.3 is 0 Å². The fourth-order valence-corrected chi connectivity index (χ4v) is 2.60. The van der Waals surface area contributed by atoms with E-state index in [9.17, 15) is 0 Å². The summed E-state index contributed by atoms with van der Waals surface area (Å²) in [5, 5.41) is 4.77. The normalized spacial score (nSPS) is 10.8. The van der Waals surface area contributed by atoms with Crippen LogP contribution in [-0.4, -0.2) is 17.0 Å². The molecular formula is C15H11BrClN3. The van der Waals surface area contributed by atoms with Crippen LogP contribution in [0.25, 0.3) is 22.3 Å². The highest BCUT2D eigenvalue weighted by molar-refractivity contribution is 9.10. The molecule has 0 bridgehead atoms. The molecule has 0 aliphatic carbocycles. The van der Waals surface area contributed by atoms with Crippen LogP contribution in [0.5, 0.6) is 0 Å². The second-order valence-corrected chi connectivity index (χ2v) is 5.67. The van der Waals surface area contributed by atoms with Crippen molar-refractivity contribution in [1.29, 1.82) is 0 Å². The maximum Gasteiger partial charge on any atom is 0.162 e. The van der Waals surface area contributed by atoms with E-state index in [1.165, 1.54) is 0 Å². The topological polar surface area (TPSA) is 37.8 Å². The zero-order valence-corrected chi connectivity index (χ0v) is 13.0. The summed E-state index contributed by atoms with van der Waals surface area (Å²) >= 11 is 9.50. The maximum atomic E-state index is 6.03. The average Bonchev–Trinajstić information content (AvgIpc) is 2.46. The predicted molar refractivity (Wildman–Crippen MR) is 87.2 cm³/mol. The molecule has 5 heteroatoms. The van der Waals surface area contributed by atoms with Crippen molar-refractivity contribution in [3.05, 3.63) is 52.0 Å². The third-order valence-electron chi connectivity index (χ3n) is 2.98. The van der Waals surface area contributed by atoms with Gasteiger partial charge in [-0.15, -0.1) is 0 Å². The van der Waals surface area contributed by atoms with Gasteiger partial charge in [-0.3, -0.25) is 0 Å². The summed E-state index contributed by atoms with van der Waals surface area (Å²) in [5.74, 6) is 1.46. The molecule has 3 nitrogen and oxygen atoms in total. The van der Waals surface area contributed by atoms with Crippen molar-refractivity contribution in [3.8, 4) is 11.4 Å². The zero-order chi connectivity index (χ0) is 14.1. The van der Waals surface area contributed by atoms with Crippen LogP contribution in [0.15, 0.2) is 46.9 Å². The summed E-state index contributed by atoms with van der Waals surface area (Å²) in [7, 11) is 1.85. The number of benzene rings is 2. The van der Waals surface area contributed by atoms with Gasteiger partial charge in [-0.1, -0.05) is 39.7 Å². The summed E-state index contributed by atoms with van der Waals surface area (Å²) in [6.07, 6.45) is 0. The first kappa shape index (κ1) is 13.3. The van der Waals surface area contributed by atoms with Gasteiger partial charge in [0.05, 0.1) is 5.52 Å². The van der Waals surface area contributed by atoms with Crippen LogP contribution < -0.4 is 5.32 Å². The fraction of sp³-hybridized carbons (Fsp3) is 0.0667. The molecule has 3 rings (SSSR count). The monoisotopic (exact) mass is 347 g/mol. The first-order valence-corrected chi connectivity index (χ1v) is 7.25. The molecular weight excluding hydrogens is 338 g/mol. The minimum absolute atomic E-state index is 0.659. The smallest absolute Gasteiger partial charge is 0.162 e. The SMILES string of the molecule is CNc1nc(-c2cccc(Cl)c2)nc2ccc(Br)cc12. The lowest BCUT2D eigenvalue weighted by Gasteiger charge is -2.08. The summed E-state index contributed by atoms with van der Waals surface area (Å²) in [4.78, 5) is 9.18. The van der Waals surface area contributed by atoms with Crippen molar-refractivity contribution in [3.63, 3.8) is 0 Å². The molecule has 1 heterocycles. The molecule has 0 spiro atoms. The lowest BCUT2D eigenvalue weighted by atomic mass is 10.2. The highest BCUT2D eigenvalue weighted by Crippen LogP contribution is 2.28. The standard InChI is InChI=1S/C15H11BrClN3/c1-18-15-12-8-10(16)5-6-13(12)19-14(20-15)9-3-2-4-11(17)7-9/h2-8H,1H3,(H,18,19,20). The molecule has 20 heavy (non-hydrogen) atoms. The molecule has 0 saturated carbocycles. The van der Waals surface area contributed by atoms with Gasteiger partial charge < -0.3 is 5.32 Å². The Kier molecular flexibility index (Phi) is 3.59. The molecule has 0 aliphatic heterocycles. The van der Waals surface area contributed by atoms with E-state index in [0.29, 0.717) is 10.8 Å². The summed E-state index contributed by atoms with van der Waals surface area (Å²) in [6, 6.07) is 13.5. The first-order valence-electron chi connectivity index (χ1n) is 6.08. The van der Waals surface area contributed by atoms with Crippen molar-refractivity contribution < 1.29 is 0 Å². The number of rotatable bonds is 2. The molecule has 100 valence electrons. The van der Waals surface area contributed by atoms with Crippen molar-refractivity contribution in [2.75, 3.05) is 12.4 Å². The molecule has 0 amide bonds. The highest BCUT2D eigenvalue weighted by atomic mass is 79.9. The third-order valence-corrected chi connectivity index (χ3v) is 3.71. The Bertz CT molecular complexity index is 789. The van der Waals surface area contributed by atoms with E-state index in [2.05, 4.69) is 31.2 Å². The second kappa shape index (κ2) is 5.38. The Morgan fingerprint density at radius 2 is 1.95 bits per heavy atom. The first-order chi connectivity index (χ1) is 9.67. The Labute approximate surface area is 130 Å². The van der Waals surface area contributed by atoms with E-state index in [0.717, 1.165) is 26.8 Å². The van der Waals surface area contributed by atoms with Crippen molar-refractivity contribution in [1.82, 2.24) is 9.97 Å². The molecule has 2 aromatic carbocycles. The van der Waals surface area contributed by atoms with Gasteiger partial charge in [0.25, 0.3) is 0 Å². The highest BCUT2D eigenvalue weighted by Gasteiger charge is 2.09. The predicted octanol–water partition coefficient (Wildman–Crippen LogP) is 4.75. The zero-order valence-electron chi connectivity index (χ0n) is 10.7. The molecule has 0 atom stereocenters. The molecule has 0 aliphatic rings. The Hall–Kier alpha value is -1.65. The number of nitrogens with zero attached hydrogens (tertiary/aromatic N) is 2. The van der Waals surface area contributed by atoms with Gasteiger partial charge in [0.1, 0.15) is 5.82 Å². The van der Waals surface area contributed by atoms with E-state index in [1.54, 1.807) is 0 Å². The van der Waals surface area contributed by atoms with Crippen molar-refractivity contribution in [2.45, 2.75) is 0 Å². The number of hydrogen-bond donors (Lipinski definition) is 1. The van der Waals surface area contributed by atoms with Gasteiger partial charge in [-0.25, -0.2) is 9.97 Å². The number of nitrogens with one attached hydrogen (secondary N) is 1. The maximum absolute atomic E-state index is 6.03. The lowest BCUT2D eigenvalue weighted by molar-refractivity contribution is 1.21. The van der Waals surface area contributed by atoms with Crippen LogP contribution in [0.2, 0.25) is 5.02 Å². The number of hydrogen-bond acceptors (Lipinski definition) is 3. The summed E-state index contributed by atoms with van der Waals surface area (Å²) in [5.41, 5.74) is 1.79. The minimum Gasteiger partial charge on any atom is -0.373 e. The minimum atomic E-state index is 0.659. The fourth-order valence-electron chi connectivity index (χ4n) is 2.05. The van der Waals surface area contributed by atoms with Gasteiger partial charge in [0, 0.05) is 27.5 Å². The number of anilines is 1. The van der Waals surface area contributed by atoms with Crippen molar-refractivity contribution >= 4 is 44.3 Å². The molecule has 1 aromatic heterocycles. The number of halogens is 2. The van der Waals surface area contributed by atoms with Crippen LogP contribution in [-0.2, 0) is 0 Å². The van der Waals surface area contributed by atoms with E-state index in [1.807, 2.05) is 49.5 Å². The lowest BCUT2D eigenvalue weighted by Crippen LogP contribution is -1.98. The van der Waals surface area contributed by atoms with Crippen LogP contribution in [0.3, 0.4) is 0 Å². The average molecular weight is 349 g/mol. The largest absolute Gasteiger partial charge is 0.373 e. The van der Waals surface area contributed by atoms with Crippen LogP contribution in [0, 0.1) is 0 Å². The Morgan fingerprint density at radius 1 is 1.10 bits per heavy atom. The summed E-state index contributed by atoms with van der Waals surface area (Å²) in [6.45, 7) is 0. The quantitative estimate of drug-likeness (QED) is 0.726.